The topological polar surface area (TPSA) is 95.9 Å². The molecule has 3 rings (SSSR count). The Hall–Kier alpha value is -2.22. The average molecular weight is 346 g/mol. The van der Waals surface area contributed by atoms with Gasteiger partial charge in [0.1, 0.15) is 11.2 Å². The van der Waals surface area contributed by atoms with Crippen LogP contribution in [0.1, 0.15) is 38.4 Å². The fourth-order valence-corrected chi connectivity index (χ4v) is 3.31. The van der Waals surface area contributed by atoms with Gasteiger partial charge in [-0.25, -0.2) is 4.98 Å². The number of carbonyl (C=O) groups excluding carboxylic acids is 1. The SMILES string of the molecule is CCCCNC(=O)[C@@H]1CCCN(Cc2nc3c(cnn3C)c(=O)[nH]2)C1. The number of fused-ring (bicyclic) bond motifs is 1. The van der Waals surface area contributed by atoms with Crippen molar-refractivity contribution in [2.75, 3.05) is 19.6 Å². The van der Waals surface area contributed by atoms with Crippen molar-refractivity contribution in [2.24, 2.45) is 13.0 Å². The van der Waals surface area contributed by atoms with Gasteiger partial charge in [-0.05, 0) is 25.8 Å². The molecule has 2 aromatic heterocycles. The predicted molar refractivity (Wildman–Crippen MR) is 95.0 cm³/mol. The van der Waals surface area contributed by atoms with E-state index in [2.05, 4.69) is 32.2 Å². The lowest BCUT2D eigenvalue weighted by Gasteiger charge is -2.31. The van der Waals surface area contributed by atoms with Gasteiger partial charge >= 0.3 is 0 Å². The molecule has 2 aromatic rings. The van der Waals surface area contributed by atoms with E-state index < -0.39 is 0 Å². The second kappa shape index (κ2) is 7.77. The first kappa shape index (κ1) is 17.6. The number of aromatic amines is 1. The Morgan fingerprint density at radius 1 is 1.48 bits per heavy atom. The number of carbonyl (C=O) groups is 1. The molecule has 0 saturated carbocycles. The predicted octanol–water partition coefficient (Wildman–Crippen LogP) is 0.785. The molecular weight excluding hydrogens is 320 g/mol. The number of unbranched alkanes of at least 4 members (excludes halogenated alkanes) is 1. The number of amides is 1. The quantitative estimate of drug-likeness (QED) is 0.754. The number of rotatable bonds is 6. The van der Waals surface area contributed by atoms with E-state index in [1.807, 2.05) is 0 Å². The van der Waals surface area contributed by atoms with Crippen molar-refractivity contribution >= 4 is 16.9 Å². The van der Waals surface area contributed by atoms with Crippen LogP contribution in [0.5, 0.6) is 0 Å². The lowest BCUT2D eigenvalue weighted by Crippen LogP contribution is -2.43. The average Bonchev–Trinajstić information content (AvgIpc) is 2.97. The van der Waals surface area contributed by atoms with Crippen LogP contribution >= 0.6 is 0 Å². The summed E-state index contributed by atoms with van der Waals surface area (Å²) in [5, 5.41) is 7.61. The molecule has 3 heterocycles. The third-order valence-corrected chi connectivity index (χ3v) is 4.73. The minimum atomic E-state index is -0.168. The molecule has 8 heteroatoms. The maximum absolute atomic E-state index is 12.3. The summed E-state index contributed by atoms with van der Waals surface area (Å²) in [7, 11) is 1.77. The largest absolute Gasteiger partial charge is 0.356 e. The summed E-state index contributed by atoms with van der Waals surface area (Å²) in [5.41, 5.74) is 0.420. The molecule has 1 fully saturated rings. The highest BCUT2D eigenvalue weighted by Gasteiger charge is 2.26. The second-order valence-corrected chi connectivity index (χ2v) is 6.74. The van der Waals surface area contributed by atoms with Gasteiger partial charge in [0.25, 0.3) is 5.56 Å². The van der Waals surface area contributed by atoms with Gasteiger partial charge in [0.05, 0.1) is 18.7 Å². The zero-order chi connectivity index (χ0) is 17.8. The van der Waals surface area contributed by atoms with Crippen molar-refractivity contribution in [3.63, 3.8) is 0 Å². The molecular formula is C17H26N6O2. The molecule has 0 aliphatic carbocycles. The highest BCUT2D eigenvalue weighted by atomic mass is 16.2. The van der Waals surface area contributed by atoms with Gasteiger partial charge in [0.2, 0.25) is 5.91 Å². The number of nitrogens with one attached hydrogen (secondary N) is 2. The summed E-state index contributed by atoms with van der Waals surface area (Å²) in [5.74, 6) is 0.771. The fraction of sp³-hybridized carbons (Fsp3) is 0.647. The Morgan fingerprint density at radius 2 is 2.32 bits per heavy atom. The Bertz CT molecular complexity index is 796. The molecule has 0 bridgehead atoms. The van der Waals surface area contributed by atoms with Crippen molar-refractivity contribution in [1.29, 1.82) is 0 Å². The zero-order valence-electron chi connectivity index (χ0n) is 14.9. The second-order valence-electron chi connectivity index (χ2n) is 6.74. The first-order chi connectivity index (χ1) is 12.1. The highest BCUT2D eigenvalue weighted by Crippen LogP contribution is 2.18. The molecule has 1 atom stereocenters. The van der Waals surface area contributed by atoms with Crippen LogP contribution in [0.15, 0.2) is 11.0 Å². The monoisotopic (exact) mass is 346 g/mol. The number of hydrogen-bond donors (Lipinski definition) is 2. The molecule has 1 amide bonds. The van der Waals surface area contributed by atoms with E-state index in [0.717, 1.165) is 38.8 Å². The maximum atomic E-state index is 12.3. The Labute approximate surface area is 146 Å². The van der Waals surface area contributed by atoms with Gasteiger partial charge in [0, 0.05) is 20.1 Å². The molecule has 1 saturated heterocycles. The minimum Gasteiger partial charge on any atom is -0.356 e. The molecule has 136 valence electrons. The van der Waals surface area contributed by atoms with E-state index in [1.54, 1.807) is 11.7 Å². The van der Waals surface area contributed by atoms with E-state index in [9.17, 15) is 9.59 Å². The van der Waals surface area contributed by atoms with Gasteiger partial charge in [-0.1, -0.05) is 13.3 Å². The molecule has 1 aliphatic heterocycles. The van der Waals surface area contributed by atoms with E-state index in [4.69, 9.17) is 0 Å². The van der Waals surface area contributed by atoms with E-state index in [0.29, 0.717) is 29.9 Å². The van der Waals surface area contributed by atoms with Crippen LogP contribution in [0.2, 0.25) is 0 Å². The number of likely N-dealkylation sites (tertiary alicyclic amines) is 1. The maximum Gasteiger partial charge on any atom is 0.262 e. The molecule has 2 N–H and O–H groups in total. The summed E-state index contributed by atoms with van der Waals surface area (Å²) in [6.45, 7) is 5.01. The van der Waals surface area contributed by atoms with Crippen LogP contribution in [-0.4, -0.2) is 50.2 Å². The first-order valence-corrected chi connectivity index (χ1v) is 8.99. The number of piperidine rings is 1. The van der Waals surface area contributed by atoms with Crippen molar-refractivity contribution in [2.45, 2.75) is 39.2 Å². The fourth-order valence-electron chi connectivity index (χ4n) is 3.31. The van der Waals surface area contributed by atoms with E-state index in [-0.39, 0.29) is 17.4 Å². The lowest BCUT2D eigenvalue weighted by molar-refractivity contribution is -0.126. The molecule has 0 unspecified atom stereocenters. The van der Waals surface area contributed by atoms with Crippen LogP contribution in [0, 0.1) is 5.92 Å². The van der Waals surface area contributed by atoms with Crippen molar-refractivity contribution < 1.29 is 4.79 Å². The molecule has 0 aromatic carbocycles. The number of aryl methyl sites for hydroxylation is 1. The highest BCUT2D eigenvalue weighted by molar-refractivity contribution is 5.79. The van der Waals surface area contributed by atoms with Crippen LogP contribution < -0.4 is 10.9 Å². The first-order valence-electron chi connectivity index (χ1n) is 8.99. The van der Waals surface area contributed by atoms with Gasteiger partial charge in [-0.15, -0.1) is 0 Å². The van der Waals surface area contributed by atoms with Crippen molar-refractivity contribution in [1.82, 2.24) is 30.0 Å². The number of hydrogen-bond acceptors (Lipinski definition) is 5. The zero-order valence-corrected chi connectivity index (χ0v) is 14.9. The third kappa shape index (κ3) is 4.07. The number of nitrogens with zero attached hydrogens (tertiary/aromatic N) is 4. The summed E-state index contributed by atoms with van der Waals surface area (Å²) < 4.78 is 1.61. The van der Waals surface area contributed by atoms with E-state index in [1.165, 1.54) is 6.20 Å². The Kier molecular flexibility index (Phi) is 5.47. The standard InChI is InChI=1S/C17H26N6O2/c1-3-4-7-18-16(24)12-6-5-8-23(10-12)11-14-20-15-13(17(25)21-14)9-19-22(15)2/h9,12H,3-8,10-11H2,1-2H3,(H,18,24)(H,20,21,25)/t12-/m1/s1. The third-order valence-electron chi connectivity index (χ3n) is 4.73. The molecule has 0 radical (unpaired) electrons. The Balaban J connectivity index is 1.65. The molecule has 25 heavy (non-hydrogen) atoms. The van der Waals surface area contributed by atoms with Crippen molar-refractivity contribution in [3.8, 4) is 0 Å². The minimum absolute atomic E-state index is 0.0118. The summed E-state index contributed by atoms with van der Waals surface area (Å²) in [6, 6.07) is 0. The smallest absolute Gasteiger partial charge is 0.262 e. The van der Waals surface area contributed by atoms with E-state index >= 15 is 0 Å². The normalized spacial score (nSPS) is 18.6. The number of H-pyrrole nitrogens is 1. The van der Waals surface area contributed by atoms with Gasteiger partial charge in [0.15, 0.2) is 5.65 Å². The Morgan fingerprint density at radius 3 is 3.12 bits per heavy atom. The van der Waals surface area contributed by atoms with Gasteiger partial charge in [-0.3, -0.25) is 19.2 Å². The molecule has 0 spiro atoms. The summed E-state index contributed by atoms with van der Waals surface area (Å²) in [6.07, 6.45) is 5.51. The summed E-state index contributed by atoms with van der Waals surface area (Å²) >= 11 is 0. The van der Waals surface area contributed by atoms with Crippen LogP contribution in [0.3, 0.4) is 0 Å². The van der Waals surface area contributed by atoms with Crippen LogP contribution in [0.4, 0.5) is 0 Å². The molecule has 1 aliphatic rings. The van der Waals surface area contributed by atoms with Crippen LogP contribution in [-0.2, 0) is 18.4 Å². The molecule has 8 nitrogen and oxygen atoms in total. The van der Waals surface area contributed by atoms with Crippen LogP contribution in [0.25, 0.3) is 11.0 Å². The lowest BCUT2D eigenvalue weighted by atomic mass is 9.97. The number of aromatic nitrogens is 4. The van der Waals surface area contributed by atoms with Crippen molar-refractivity contribution in [3.05, 3.63) is 22.4 Å². The van der Waals surface area contributed by atoms with Gasteiger partial charge < -0.3 is 10.3 Å². The van der Waals surface area contributed by atoms with Gasteiger partial charge in [-0.2, -0.15) is 5.10 Å². The summed E-state index contributed by atoms with van der Waals surface area (Å²) in [4.78, 5) is 34.0.